The van der Waals surface area contributed by atoms with Gasteiger partial charge in [-0.15, -0.1) is 0 Å². The zero-order valence-corrected chi connectivity index (χ0v) is 12.0. The van der Waals surface area contributed by atoms with Crippen molar-refractivity contribution < 1.29 is 0 Å². The molecule has 7 nitrogen and oxygen atoms in total. The van der Waals surface area contributed by atoms with Crippen molar-refractivity contribution in [3.8, 4) is 0 Å². The third-order valence-corrected chi connectivity index (χ3v) is 2.98. The van der Waals surface area contributed by atoms with Gasteiger partial charge in [-0.25, -0.2) is 9.67 Å². The number of aromatic nitrogens is 4. The number of hydrogen-bond donors (Lipinski definition) is 3. The highest BCUT2D eigenvalue weighted by Gasteiger charge is 2.20. The molecule has 0 fully saturated rings. The van der Waals surface area contributed by atoms with Crippen LogP contribution in [0.1, 0.15) is 33.5 Å². The molecule has 2 aromatic heterocycles. The Morgan fingerprint density at radius 2 is 2.05 bits per heavy atom. The maximum Gasteiger partial charge on any atom is 0.262 e. The molecule has 0 aliphatic rings. The first kappa shape index (κ1) is 14.1. The molecule has 0 spiro atoms. The molecule has 3 N–H and O–H groups in total. The molecule has 0 atom stereocenters. The first-order valence-corrected chi connectivity index (χ1v) is 6.29. The quantitative estimate of drug-likeness (QED) is 0.737. The lowest BCUT2D eigenvalue weighted by molar-refractivity contribution is 0.544. The summed E-state index contributed by atoms with van der Waals surface area (Å²) < 4.78 is 1.49. The van der Waals surface area contributed by atoms with Crippen LogP contribution in [0.3, 0.4) is 0 Å². The van der Waals surface area contributed by atoms with E-state index in [2.05, 4.69) is 15.1 Å². The lowest BCUT2D eigenvalue weighted by atomic mass is 9.96. The van der Waals surface area contributed by atoms with Crippen molar-refractivity contribution in [1.82, 2.24) is 19.7 Å². The van der Waals surface area contributed by atoms with Gasteiger partial charge in [-0.05, 0) is 6.92 Å². The third-order valence-electron chi connectivity index (χ3n) is 2.98. The summed E-state index contributed by atoms with van der Waals surface area (Å²) in [4.78, 5) is 19.3. The van der Waals surface area contributed by atoms with Crippen molar-refractivity contribution in [3.63, 3.8) is 0 Å². The maximum atomic E-state index is 12.0. The van der Waals surface area contributed by atoms with E-state index in [1.54, 1.807) is 6.92 Å². The predicted molar refractivity (Wildman–Crippen MR) is 78.0 cm³/mol. The maximum absolute atomic E-state index is 12.0. The molecule has 2 heterocycles. The standard InChI is InChI=1S/C13H18N6O/c1-7(14)9(15)6-19-10-8(5-16-19)11(20)18-12(17-10)13(2,3)4/h5,14-15H,6H2,1-4H3,(H,17,18,20). The Bertz CT molecular complexity index is 746. The molecule has 0 saturated heterocycles. The molecule has 0 unspecified atom stereocenters. The fourth-order valence-electron chi connectivity index (χ4n) is 1.70. The van der Waals surface area contributed by atoms with Crippen LogP contribution in [0.25, 0.3) is 11.0 Å². The number of H-pyrrole nitrogens is 1. The molecule has 106 valence electrons. The number of rotatable bonds is 3. The van der Waals surface area contributed by atoms with Crippen molar-refractivity contribution in [2.24, 2.45) is 0 Å². The molecule has 20 heavy (non-hydrogen) atoms. The third kappa shape index (κ3) is 2.52. The minimum Gasteiger partial charge on any atom is -0.309 e. The van der Waals surface area contributed by atoms with Gasteiger partial charge in [0.25, 0.3) is 5.56 Å². The first-order valence-electron chi connectivity index (χ1n) is 6.29. The van der Waals surface area contributed by atoms with Crippen LogP contribution >= 0.6 is 0 Å². The van der Waals surface area contributed by atoms with Gasteiger partial charge in [-0.3, -0.25) is 4.79 Å². The molecule has 0 saturated carbocycles. The molecule has 0 aliphatic heterocycles. The van der Waals surface area contributed by atoms with Crippen molar-refractivity contribution in [2.45, 2.75) is 39.7 Å². The molecule has 0 aliphatic carbocycles. The molecule has 2 rings (SSSR count). The van der Waals surface area contributed by atoms with E-state index < -0.39 is 0 Å². The molecular weight excluding hydrogens is 256 g/mol. The Labute approximate surface area is 116 Å². The average Bonchev–Trinajstić information content (AvgIpc) is 2.71. The van der Waals surface area contributed by atoms with E-state index in [1.165, 1.54) is 10.9 Å². The fraction of sp³-hybridized carbons (Fsp3) is 0.462. The summed E-state index contributed by atoms with van der Waals surface area (Å²) in [6.45, 7) is 7.57. The van der Waals surface area contributed by atoms with Crippen molar-refractivity contribution in [1.29, 1.82) is 10.8 Å². The molecule has 0 bridgehead atoms. The van der Waals surface area contributed by atoms with Crippen LogP contribution in [0.15, 0.2) is 11.0 Å². The fourth-order valence-corrected chi connectivity index (χ4v) is 1.70. The van der Waals surface area contributed by atoms with Crippen LogP contribution in [0.4, 0.5) is 0 Å². The van der Waals surface area contributed by atoms with Gasteiger partial charge in [-0.2, -0.15) is 5.10 Å². The van der Waals surface area contributed by atoms with Crippen molar-refractivity contribution in [3.05, 3.63) is 22.4 Å². The highest BCUT2D eigenvalue weighted by atomic mass is 16.1. The summed E-state index contributed by atoms with van der Waals surface area (Å²) in [6.07, 6.45) is 1.44. The van der Waals surface area contributed by atoms with Gasteiger partial charge in [0.05, 0.1) is 24.2 Å². The second-order valence-corrected chi connectivity index (χ2v) is 5.81. The molecule has 7 heteroatoms. The molecule has 2 aromatic rings. The van der Waals surface area contributed by atoms with Gasteiger partial charge in [0.2, 0.25) is 0 Å². The Hall–Kier alpha value is -2.31. The van der Waals surface area contributed by atoms with E-state index in [0.717, 1.165) is 0 Å². The zero-order valence-electron chi connectivity index (χ0n) is 12.0. The number of fused-ring (bicyclic) bond motifs is 1. The summed E-state index contributed by atoms with van der Waals surface area (Å²) in [5.74, 6) is 0.579. The first-order chi connectivity index (χ1) is 9.20. The van der Waals surface area contributed by atoms with Gasteiger partial charge >= 0.3 is 0 Å². The average molecular weight is 274 g/mol. The number of nitrogens with one attached hydrogen (secondary N) is 3. The van der Waals surface area contributed by atoms with Crippen molar-refractivity contribution >= 4 is 22.5 Å². The summed E-state index contributed by atoms with van der Waals surface area (Å²) in [6, 6.07) is 0. The Morgan fingerprint density at radius 3 is 2.60 bits per heavy atom. The van der Waals surface area contributed by atoms with E-state index >= 15 is 0 Å². The van der Waals surface area contributed by atoms with Gasteiger partial charge in [0, 0.05) is 5.41 Å². The van der Waals surface area contributed by atoms with Crippen molar-refractivity contribution in [2.75, 3.05) is 0 Å². The molecule has 0 aromatic carbocycles. The summed E-state index contributed by atoms with van der Waals surface area (Å²) in [5.41, 5.74) is 0.255. The lowest BCUT2D eigenvalue weighted by Gasteiger charge is -2.16. The minimum absolute atomic E-state index is 0.138. The van der Waals surface area contributed by atoms with Crippen LogP contribution in [0.5, 0.6) is 0 Å². The second kappa shape index (κ2) is 4.66. The van der Waals surface area contributed by atoms with E-state index in [1.807, 2.05) is 20.8 Å². The van der Waals surface area contributed by atoms with E-state index in [-0.39, 0.29) is 28.9 Å². The van der Waals surface area contributed by atoms with Crippen LogP contribution in [-0.2, 0) is 12.0 Å². The van der Waals surface area contributed by atoms with E-state index in [9.17, 15) is 4.79 Å². The van der Waals surface area contributed by atoms with Gasteiger partial charge in [0.1, 0.15) is 11.2 Å². The normalized spacial score (nSPS) is 11.8. The van der Waals surface area contributed by atoms with Gasteiger partial charge in [-0.1, -0.05) is 20.8 Å². The summed E-state index contributed by atoms with van der Waals surface area (Å²) in [7, 11) is 0. The second-order valence-electron chi connectivity index (χ2n) is 5.81. The lowest BCUT2D eigenvalue weighted by Crippen LogP contribution is -2.23. The zero-order chi connectivity index (χ0) is 15.1. The predicted octanol–water partition coefficient (Wildman–Crippen LogP) is 1.48. The smallest absolute Gasteiger partial charge is 0.262 e. The Kier molecular flexibility index (Phi) is 3.29. The largest absolute Gasteiger partial charge is 0.309 e. The monoisotopic (exact) mass is 274 g/mol. The number of hydrogen-bond acceptors (Lipinski definition) is 5. The highest BCUT2D eigenvalue weighted by molar-refractivity contribution is 6.38. The SMILES string of the molecule is CC(=N)C(=N)Cn1ncc2c(=O)[nH]c(C(C)(C)C)nc21. The van der Waals surface area contributed by atoms with Crippen LogP contribution in [0.2, 0.25) is 0 Å². The highest BCUT2D eigenvalue weighted by Crippen LogP contribution is 2.18. The topological polar surface area (TPSA) is 111 Å². The van der Waals surface area contributed by atoms with Crippen LogP contribution < -0.4 is 5.56 Å². The van der Waals surface area contributed by atoms with Crippen LogP contribution in [-0.4, -0.2) is 31.2 Å². The molecular formula is C13H18N6O. The number of aromatic amines is 1. The minimum atomic E-state index is -0.284. The molecule has 0 amide bonds. The van der Waals surface area contributed by atoms with Gasteiger partial charge < -0.3 is 15.8 Å². The van der Waals surface area contributed by atoms with E-state index in [0.29, 0.717) is 16.9 Å². The summed E-state index contributed by atoms with van der Waals surface area (Å²) in [5, 5.41) is 19.7. The Morgan fingerprint density at radius 1 is 1.40 bits per heavy atom. The molecule has 0 radical (unpaired) electrons. The van der Waals surface area contributed by atoms with Gasteiger partial charge in [0.15, 0.2) is 5.65 Å². The summed E-state index contributed by atoms with van der Waals surface area (Å²) >= 11 is 0. The number of nitrogens with zero attached hydrogens (tertiary/aromatic N) is 3. The Balaban J connectivity index is 2.59. The van der Waals surface area contributed by atoms with Crippen LogP contribution in [0, 0.1) is 10.8 Å². The van der Waals surface area contributed by atoms with E-state index in [4.69, 9.17) is 10.8 Å².